The molecule has 4 aromatic carbocycles. The molecule has 0 atom stereocenters. The summed E-state index contributed by atoms with van der Waals surface area (Å²) in [5.74, 6) is 1.28. The van der Waals surface area contributed by atoms with Crippen molar-refractivity contribution in [1.82, 2.24) is 0 Å². The van der Waals surface area contributed by atoms with Crippen molar-refractivity contribution in [2.75, 3.05) is 6.61 Å². The summed E-state index contributed by atoms with van der Waals surface area (Å²) < 4.78 is 27.4. The van der Waals surface area contributed by atoms with Gasteiger partial charge in [-0.2, -0.15) is 0 Å². The first-order valence-corrected chi connectivity index (χ1v) is 10.7. The summed E-state index contributed by atoms with van der Waals surface area (Å²) in [7, 11) is 0. The highest BCUT2D eigenvalue weighted by Gasteiger charge is 2.21. The number of ether oxygens (including phenoxy) is 5. The molecule has 0 amide bonds. The molecule has 7 heteroatoms. The predicted molar refractivity (Wildman–Crippen MR) is 126 cm³/mol. The van der Waals surface area contributed by atoms with Crippen LogP contribution in [0, 0.1) is 0 Å². The number of carbonyl (C=O) groups excluding carboxylic acids is 2. The second kappa shape index (κ2) is 10.9. The maximum atomic E-state index is 12.5. The van der Waals surface area contributed by atoms with Crippen LogP contribution in [-0.4, -0.2) is 18.9 Å². The molecule has 0 aliphatic heterocycles. The normalized spacial score (nSPS) is 10.4. The van der Waals surface area contributed by atoms with Crippen LogP contribution in [0.5, 0.6) is 28.7 Å². The average Bonchev–Trinajstić information content (AvgIpc) is 2.85. The third-order valence-corrected chi connectivity index (χ3v) is 4.65. The van der Waals surface area contributed by atoms with Crippen molar-refractivity contribution in [1.29, 1.82) is 0 Å². The van der Waals surface area contributed by atoms with E-state index in [0.29, 0.717) is 35.3 Å². The van der Waals surface area contributed by atoms with Crippen molar-refractivity contribution in [3.8, 4) is 28.7 Å². The lowest BCUT2D eigenvalue weighted by molar-refractivity contribution is 0.148. The van der Waals surface area contributed by atoms with Gasteiger partial charge < -0.3 is 23.7 Å². The Morgan fingerprint density at radius 2 is 1.15 bits per heavy atom. The Labute approximate surface area is 196 Å². The van der Waals surface area contributed by atoms with Crippen LogP contribution in [0.15, 0.2) is 91.0 Å². The summed E-state index contributed by atoms with van der Waals surface area (Å²) >= 11 is 0. The number of hydrogen-bond acceptors (Lipinski definition) is 7. The van der Waals surface area contributed by atoms with Crippen LogP contribution in [0.25, 0.3) is 10.8 Å². The zero-order valence-electron chi connectivity index (χ0n) is 18.4. The van der Waals surface area contributed by atoms with E-state index in [4.69, 9.17) is 23.7 Å². The van der Waals surface area contributed by atoms with Crippen LogP contribution in [0.4, 0.5) is 9.59 Å². The lowest BCUT2D eigenvalue weighted by Crippen LogP contribution is -2.16. The molecule has 0 spiro atoms. The highest BCUT2D eigenvalue weighted by atomic mass is 16.7. The molecule has 0 aliphatic carbocycles. The minimum Gasteiger partial charge on any atom is -0.490 e. The molecule has 34 heavy (non-hydrogen) atoms. The molecule has 0 fully saturated rings. The number of carbonyl (C=O) groups is 2. The largest absolute Gasteiger partial charge is 0.519 e. The van der Waals surface area contributed by atoms with Crippen LogP contribution in [-0.2, 0) is 0 Å². The summed E-state index contributed by atoms with van der Waals surface area (Å²) in [6, 6.07) is 25.7. The molecule has 0 heterocycles. The summed E-state index contributed by atoms with van der Waals surface area (Å²) in [5.41, 5.74) is 0. The van der Waals surface area contributed by atoms with Crippen LogP contribution in [0.1, 0.15) is 13.3 Å². The van der Waals surface area contributed by atoms with Crippen molar-refractivity contribution in [3.05, 3.63) is 91.0 Å². The first-order valence-electron chi connectivity index (χ1n) is 10.7. The lowest BCUT2D eigenvalue weighted by atomic mass is 10.1. The van der Waals surface area contributed by atoms with Gasteiger partial charge in [-0.05, 0) is 30.7 Å². The molecule has 172 valence electrons. The smallest absolute Gasteiger partial charge is 0.490 e. The second-order valence-electron chi connectivity index (χ2n) is 7.13. The summed E-state index contributed by atoms with van der Waals surface area (Å²) in [4.78, 5) is 24.9. The molecule has 0 N–H and O–H groups in total. The SMILES string of the molecule is CCCOc1cc(OC(=O)Oc2ccccc2)c2ccccc2c1OC(=O)Oc1ccccc1. The van der Waals surface area contributed by atoms with E-state index in [9.17, 15) is 9.59 Å². The third-order valence-electron chi connectivity index (χ3n) is 4.65. The Bertz CT molecular complexity index is 1270. The van der Waals surface area contributed by atoms with Crippen molar-refractivity contribution < 1.29 is 33.3 Å². The first kappa shape index (κ1) is 22.7. The van der Waals surface area contributed by atoms with Crippen LogP contribution in [0.3, 0.4) is 0 Å². The van der Waals surface area contributed by atoms with E-state index < -0.39 is 12.3 Å². The lowest BCUT2D eigenvalue weighted by Gasteiger charge is -2.16. The molecule has 7 nitrogen and oxygen atoms in total. The Hall–Kier alpha value is -4.52. The van der Waals surface area contributed by atoms with Crippen molar-refractivity contribution in [3.63, 3.8) is 0 Å². The van der Waals surface area contributed by atoms with Gasteiger partial charge in [0.2, 0.25) is 0 Å². The third kappa shape index (κ3) is 5.63. The minimum absolute atomic E-state index is 0.161. The highest BCUT2D eigenvalue weighted by Crippen LogP contribution is 2.42. The molecule has 0 saturated carbocycles. The molecule has 0 aliphatic rings. The topological polar surface area (TPSA) is 80.3 Å². The number of rotatable bonds is 7. The van der Waals surface area contributed by atoms with E-state index in [1.807, 2.05) is 19.1 Å². The van der Waals surface area contributed by atoms with E-state index in [1.54, 1.807) is 72.8 Å². The molecule has 0 bridgehead atoms. The maximum Gasteiger partial charge on any atom is 0.519 e. The second-order valence-corrected chi connectivity index (χ2v) is 7.13. The molecule has 0 saturated heterocycles. The fraction of sp³-hybridized carbons (Fsp3) is 0.111. The van der Waals surface area contributed by atoms with Crippen molar-refractivity contribution >= 4 is 23.1 Å². The number of benzene rings is 4. The number of hydrogen-bond donors (Lipinski definition) is 0. The van der Waals surface area contributed by atoms with Gasteiger partial charge in [-0.3, -0.25) is 0 Å². The summed E-state index contributed by atoms with van der Waals surface area (Å²) in [6.07, 6.45) is -1.11. The Balaban J connectivity index is 1.65. The van der Waals surface area contributed by atoms with E-state index in [-0.39, 0.29) is 17.2 Å². The zero-order chi connectivity index (χ0) is 23.8. The summed E-state index contributed by atoms with van der Waals surface area (Å²) in [6.45, 7) is 2.30. The van der Waals surface area contributed by atoms with Gasteiger partial charge in [0.1, 0.15) is 17.2 Å². The number of para-hydroxylation sites is 2. The Morgan fingerprint density at radius 1 is 0.618 bits per heavy atom. The van der Waals surface area contributed by atoms with Gasteiger partial charge in [-0.25, -0.2) is 9.59 Å². The van der Waals surface area contributed by atoms with E-state index >= 15 is 0 Å². The molecule has 0 radical (unpaired) electrons. The van der Waals surface area contributed by atoms with E-state index in [2.05, 4.69) is 0 Å². The fourth-order valence-electron chi connectivity index (χ4n) is 3.18. The fourth-order valence-corrected chi connectivity index (χ4v) is 3.18. The van der Waals surface area contributed by atoms with Gasteiger partial charge in [-0.15, -0.1) is 0 Å². The Morgan fingerprint density at radius 3 is 1.74 bits per heavy atom. The number of fused-ring (bicyclic) bond motifs is 1. The predicted octanol–water partition coefficient (Wildman–Crippen LogP) is 6.78. The van der Waals surface area contributed by atoms with Crippen LogP contribution >= 0.6 is 0 Å². The van der Waals surface area contributed by atoms with Gasteiger partial charge in [-0.1, -0.05) is 67.6 Å². The van der Waals surface area contributed by atoms with Crippen LogP contribution in [0.2, 0.25) is 0 Å². The molecular weight excluding hydrogens is 436 g/mol. The van der Waals surface area contributed by atoms with Crippen molar-refractivity contribution in [2.45, 2.75) is 13.3 Å². The first-order chi connectivity index (χ1) is 16.6. The summed E-state index contributed by atoms with van der Waals surface area (Å²) in [5, 5.41) is 1.03. The molecule has 4 aromatic rings. The van der Waals surface area contributed by atoms with Crippen molar-refractivity contribution in [2.24, 2.45) is 0 Å². The van der Waals surface area contributed by atoms with Crippen LogP contribution < -0.4 is 23.7 Å². The van der Waals surface area contributed by atoms with Gasteiger partial charge in [0.05, 0.1) is 6.61 Å². The molecule has 4 rings (SSSR count). The van der Waals surface area contributed by atoms with E-state index in [0.717, 1.165) is 0 Å². The van der Waals surface area contributed by atoms with Gasteiger partial charge in [0.25, 0.3) is 0 Å². The standard InChI is InChI=1S/C27H22O7/c1-2-17-30-24-18-23(33-26(28)31-19-11-5-3-6-12-19)21-15-9-10-16-22(21)25(24)34-27(29)32-20-13-7-4-8-14-20/h3-16,18H,2,17H2,1H3. The monoisotopic (exact) mass is 458 g/mol. The zero-order valence-corrected chi connectivity index (χ0v) is 18.4. The van der Waals surface area contributed by atoms with Gasteiger partial charge in [0.15, 0.2) is 11.5 Å². The van der Waals surface area contributed by atoms with Gasteiger partial charge >= 0.3 is 12.3 Å². The Kier molecular flexibility index (Phi) is 7.25. The maximum absolute atomic E-state index is 12.5. The highest BCUT2D eigenvalue weighted by molar-refractivity contribution is 5.97. The molecule has 0 aromatic heterocycles. The van der Waals surface area contributed by atoms with Gasteiger partial charge in [0, 0.05) is 16.8 Å². The van der Waals surface area contributed by atoms with E-state index in [1.165, 1.54) is 6.07 Å². The molecule has 0 unspecified atom stereocenters. The average molecular weight is 458 g/mol. The minimum atomic E-state index is -0.921. The molecular formula is C27H22O7. The quantitative estimate of drug-likeness (QED) is 0.223.